The van der Waals surface area contributed by atoms with Crippen LogP contribution < -0.4 is 5.73 Å². The van der Waals surface area contributed by atoms with E-state index in [9.17, 15) is 0 Å². The molecule has 2 unspecified atom stereocenters. The van der Waals surface area contributed by atoms with Crippen molar-refractivity contribution >= 4 is 11.3 Å². The molecule has 0 amide bonds. The minimum Gasteiger partial charge on any atom is -0.381 e. The molecular formula is C11H19N3OS. The Balaban J connectivity index is 1.93. The summed E-state index contributed by atoms with van der Waals surface area (Å²) < 4.78 is 5.41. The predicted octanol–water partition coefficient (Wildman–Crippen LogP) is 1.08. The Morgan fingerprint density at radius 3 is 3.19 bits per heavy atom. The molecule has 16 heavy (non-hydrogen) atoms. The number of ether oxygens (including phenoxy) is 1. The first kappa shape index (κ1) is 12.0. The van der Waals surface area contributed by atoms with Crippen LogP contribution in [-0.2, 0) is 11.3 Å². The molecule has 0 spiro atoms. The molecule has 1 aliphatic rings. The molecule has 1 aromatic rings. The number of methoxy groups -OCH3 is 1. The van der Waals surface area contributed by atoms with Gasteiger partial charge in [0.2, 0.25) is 0 Å². The molecule has 4 nitrogen and oxygen atoms in total. The second-order valence-electron chi connectivity index (χ2n) is 4.17. The average molecular weight is 241 g/mol. The molecule has 0 aliphatic carbocycles. The molecule has 2 rings (SSSR count). The molecule has 5 heteroatoms. The van der Waals surface area contributed by atoms with Crippen molar-refractivity contribution < 1.29 is 4.74 Å². The SMILES string of the molecule is COC1CCN(Cc2nccs2)C(CN)C1. The van der Waals surface area contributed by atoms with Crippen LogP contribution in [0, 0.1) is 0 Å². The summed E-state index contributed by atoms with van der Waals surface area (Å²) in [6.07, 6.45) is 4.37. The van der Waals surface area contributed by atoms with Gasteiger partial charge in [0.15, 0.2) is 0 Å². The number of thiazole rings is 1. The van der Waals surface area contributed by atoms with E-state index in [2.05, 4.69) is 9.88 Å². The molecule has 2 N–H and O–H groups in total. The van der Waals surface area contributed by atoms with Crippen molar-refractivity contribution in [3.63, 3.8) is 0 Å². The quantitative estimate of drug-likeness (QED) is 0.857. The summed E-state index contributed by atoms with van der Waals surface area (Å²) in [6.45, 7) is 2.68. The monoisotopic (exact) mass is 241 g/mol. The molecule has 1 fully saturated rings. The standard InChI is InChI=1S/C11H19N3OS/c1-15-10-2-4-14(9(6-10)7-12)8-11-13-3-5-16-11/h3,5,9-10H,2,4,6-8,12H2,1H3. The van der Waals surface area contributed by atoms with Crippen molar-refractivity contribution in [3.8, 4) is 0 Å². The smallest absolute Gasteiger partial charge is 0.107 e. The lowest BCUT2D eigenvalue weighted by Gasteiger charge is -2.37. The molecular weight excluding hydrogens is 222 g/mol. The van der Waals surface area contributed by atoms with E-state index in [0.29, 0.717) is 18.7 Å². The van der Waals surface area contributed by atoms with Gasteiger partial charge in [-0.05, 0) is 12.8 Å². The lowest BCUT2D eigenvalue weighted by molar-refractivity contribution is 0.0102. The number of piperidine rings is 1. The zero-order valence-electron chi connectivity index (χ0n) is 9.63. The lowest BCUT2D eigenvalue weighted by Crippen LogP contribution is -2.47. The number of rotatable bonds is 4. The fourth-order valence-electron chi connectivity index (χ4n) is 2.24. The van der Waals surface area contributed by atoms with Crippen LogP contribution in [0.25, 0.3) is 0 Å². The fraction of sp³-hybridized carbons (Fsp3) is 0.727. The maximum Gasteiger partial charge on any atom is 0.107 e. The summed E-state index contributed by atoms with van der Waals surface area (Å²) in [5.74, 6) is 0. The van der Waals surface area contributed by atoms with E-state index >= 15 is 0 Å². The van der Waals surface area contributed by atoms with Crippen molar-refractivity contribution in [2.24, 2.45) is 5.73 Å². The van der Waals surface area contributed by atoms with Gasteiger partial charge in [0, 0.05) is 37.8 Å². The van der Waals surface area contributed by atoms with Crippen LogP contribution in [0.2, 0.25) is 0 Å². The summed E-state index contributed by atoms with van der Waals surface area (Å²) in [5.41, 5.74) is 5.83. The van der Waals surface area contributed by atoms with Crippen molar-refractivity contribution in [1.82, 2.24) is 9.88 Å². The van der Waals surface area contributed by atoms with E-state index in [1.807, 2.05) is 11.6 Å². The Bertz CT molecular complexity index is 304. The first-order valence-corrected chi connectivity index (χ1v) is 6.56. The van der Waals surface area contributed by atoms with E-state index < -0.39 is 0 Å². The van der Waals surface area contributed by atoms with Crippen LogP contribution in [0.5, 0.6) is 0 Å². The van der Waals surface area contributed by atoms with E-state index in [4.69, 9.17) is 10.5 Å². The largest absolute Gasteiger partial charge is 0.381 e. The van der Waals surface area contributed by atoms with Crippen LogP contribution in [0.15, 0.2) is 11.6 Å². The number of nitrogens with zero attached hydrogens (tertiary/aromatic N) is 2. The van der Waals surface area contributed by atoms with Crippen LogP contribution in [0.4, 0.5) is 0 Å². The summed E-state index contributed by atoms with van der Waals surface area (Å²) in [6, 6.07) is 0.433. The van der Waals surface area contributed by atoms with Gasteiger partial charge < -0.3 is 10.5 Å². The van der Waals surface area contributed by atoms with Gasteiger partial charge in [-0.3, -0.25) is 4.90 Å². The second-order valence-corrected chi connectivity index (χ2v) is 5.15. The summed E-state index contributed by atoms with van der Waals surface area (Å²) in [5, 5.41) is 3.20. The zero-order chi connectivity index (χ0) is 11.4. The maximum atomic E-state index is 5.83. The van der Waals surface area contributed by atoms with Crippen LogP contribution >= 0.6 is 11.3 Å². The minimum atomic E-state index is 0.376. The predicted molar refractivity (Wildman–Crippen MR) is 65.4 cm³/mol. The second kappa shape index (κ2) is 5.72. The maximum absolute atomic E-state index is 5.83. The highest BCUT2D eigenvalue weighted by molar-refractivity contribution is 7.09. The first-order chi connectivity index (χ1) is 7.83. The lowest BCUT2D eigenvalue weighted by atomic mass is 9.99. The summed E-state index contributed by atoms with van der Waals surface area (Å²) >= 11 is 1.71. The van der Waals surface area contributed by atoms with Gasteiger partial charge in [-0.15, -0.1) is 11.3 Å². The highest BCUT2D eigenvalue weighted by Gasteiger charge is 2.27. The van der Waals surface area contributed by atoms with Gasteiger partial charge in [0.25, 0.3) is 0 Å². The molecule has 1 saturated heterocycles. The van der Waals surface area contributed by atoms with Crippen molar-refractivity contribution in [2.75, 3.05) is 20.2 Å². The van der Waals surface area contributed by atoms with E-state index in [-0.39, 0.29) is 0 Å². The summed E-state index contributed by atoms with van der Waals surface area (Å²) in [4.78, 5) is 6.75. The van der Waals surface area contributed by atoms with Gasteiger partial charge in [-0.2, -0.15) is 0 Å². The van der Waals surface area contributed by atoms with Gasteiger partial charge in [-0.1, -0.05) is 0 Å². The Kier molecular flexibility index (Phi) is 4.29. The van der Waals surface area contributed by atoms with Crippen LogP contribution in [0.3, 0.4) is 0 Å². The third-order valence-electron chi connectivity index (χ3n) is 3.22. The normalized spacial score (nSPS) is 27.1. The van der Waals surface area contributed by atoms with Crippen molar-refractivity contribution in [3.05, 3.63) is 16.6 Å². The number of hydrogen-bond acceptors (Lipinski definition) is 5. The van der Waals surface area contributed by atoms with Crippen LogP contribution in [0.1, 0.15) is 17.8 Å². The number of nitrogens with two attached hydrogens (primary N) is 1. The number of hydrogen-bond donors (Lipinski definition) is 1. The van der Waals surface area contributed by atoms with E-state index in [1.54, 1.807) is 18.4 Å². The molecule has 0 saturated carbocycles. The molecule has 2 heterocycles. The Morgan fingerprint density at radius 1 is 1.69 bits per heavy atom. The molecule has 90 valence electrons. The van der Waals surface area contributed by atoms with E-state index in [0.717, 1.165) is 25.9 Å². The molecule has 1 aliphatic heterocycles. The molecule has 2 atom stereocenters. The van der Waals surface area contributed by atoms with Gasteiger partial charge in [0.1, 0.15) is 5.01 Å². The van der Waals surface area contributed by atoms with Gasteiger partial charge in [0.05, 0.1) is 12.6 Å². The topological polar surface area (TPSA) is 51.4 Å². The molecule has 0 radical (unpaired) electrons. The van der Waals surface area contributed by atoms with Gasteiger partial charge in [-0.25, -0.2) is 4.98 Å². The first-order valence-electron chi connectivity index (χ1n) is 5.68. The third kappa shape index (κ3) is 2.79. The Morgan fingerprint density at radius 2 is 2.56 bits per heavy atom. The Hall–Kier alpha value is -0.490. The molecule has 0 bridgehead atoms. The van der Waals surface area contributed by atoms with Crippen molar-refractivity contribution in [1.29, 1.82) is 0 Å². The van der Waals surface area contributed by atoms with Gasteiger partial charge >= 0.3 is 0 Å². The fourth-order valence-corrected chi connectivity index (χ4v) is 2.88. The highest BCUT2D eigenvalue weighted by atomic mass is 32.1. The van der Waals surface area contributed by atoms with Crippen molar-refractivity contribution in [2.45, 2.75) is 31.5 Å². The molecule has 1 aromatic heterocycles. The number of aromatic nitrogens is 1. The van der Waals surface area contributed by atoms with E-state index in [1.165, 1.54) is 5.01 Å². The third-order valence-corrected chi connectivity index (χ3v) is 3.98. The zero-order valence-corrected chi connectivity index (χ0v) is 10.4. The summed E-state index contributed by atoms with van der Waals surface area (Å²) in [7, 11) is 1.79. The highest BCUT2D eigenvalue weighted by Crippen LogP contribution is 2.21. The number of likely N-dealkylation sites (tertiary alicyclic amines) is 1. The molecule has 0 aromatic carbocycles. The van der Waals surface area contributed by atoms with Crippen LogP contribution in [-0.4, -0.2) is 42.2 Å². The minimum absolute atomic E-state index is 0.376. The Labute approximate surface area is 100 Å². The average Bonchev–Trinajstić information content (AvgIpc) is 2.82.